The van der Waals surface area contributed by atoms with Gasteiger partial charge in [0.05, 0.1) is 27.0 Å². The highest BCUT2D eigenvalue weighted by Gasteiger charge is 2.16. The molecule has 0 N–H and O–H groups in total. The van der Waals surface area contributed by atoms with E-state index in [1.165, 1.54) is 23.4 Å². The van der Waals surface area contributed by atoms with Gasteiger partial charge in [-0.3, -0.25) is 19.7 Å². The number of rotatable bonds is 2. The maximum atomic E-state index is 11.3. The van der Waals surface area contributed by atoms with E-state index < -0.39 is 0 Å². The van der Waals surface area contributed by atoms with Crippen molar-refractivity contribution < 1.29 is 4.92 Å². The standard InChI is InChI=1S/C18H14N4O2/c1-11-7-15-18(8-12(11)2)21(10-20-15)16-3-4-17(22(23)24)14-9-19-6-5-13(14)16/h3-10H,1-2H3. The van der Waals surface area contributed by atoms with Gasteiger partial charge in [-0.1, -0.05) is 0 Å². The molecule has 24 heavy (non-hydrogen) atoms. The third kappa shape index (κ3) is 2.04. The van der Waals surface area contributed by atoms with Gasteiger partial charge in [0.2, 0.25) is 0 Å². The molecular weight excluding hydrogens is 304 g/mol. The second-order valence-corrected chi connectivity index (χ2v) is 5.82. The van der Waals surface area contributed by atoms with Crippen LogP contribution in [0.5, 0.6) is 0 Å². The van der Waals surface area contributed by atoms with Crippen LogP contribution in [0.3, 0.4) is 0 Å². The third-order valence-electron chi connectivity index (χ3n) is 4.39. The first kappa shape index (κ1) is 14.3. The number of hydrogen-bond acceptors (Lipinski definition) is 4. The van der Waals surface area contributed by atoms with E-state index in [1.807, 2.05) is 4.57 Å². The summed E-state index contributed by atoms with van der Waals surface area (Å²) < 4.78 is 1.97. The summed E-state index contributed by atoms with van der Waals surface area (Å²) in [6.07, 6.45) is 4.93. The van der Waals surface area contributed by atoms with Crippen LogP contribution in [0.15, 0.2) is 49.1 Å². The first-order valence-electron chi connectivity index (χ1n) is 7.52. The van der Waals surface area contributed by atoms with E-state index in [0.717, 1.165) is 22.1 Å². The van der Waals surface area contributed by atoms with Crippen LogP contribution in [0.2, 0.25) is 0 Å². The molecule has 4 rings (SSSR count). The quantitative estimate of drug-likeness (QED) is 0.412. The zero-order chi connectivity index (χ0) is 16.8. The molecule has 0 spiro atoms. The Labute approximate surface area is 137 Å². The van der Waals surface area contributed by atoms with Crippen LogP contribution in [0.1, 0.15) is 11.1 Å². The second kappa shape index (κ2) is 5.13. The van der Waals surface area contributed by atoms with E-state index in [0.29, 0.717) is 5.39 Å². The number of hydrogen-bond donors (Lipinski definition) is 0. The molecule has 0 unspecified atom stereocenters. The summed E-state index contributed by atoms with van der Waals surface area (Å²) in [5.41, 5.74) is 5.15. The Hall–Kier alpha value is -3.28. The SMILES string of the molecule is Cc1cc2ncn(-c3ccc([N+](=O)[O-])c4cnccc34)c2cc1C. The van der Waals surface area contributed by atoms with Crippen molar-refractivity contribution in [3.8, 4) is 5.69 Å². The summed E-state index contributed by atoms with van der Waals surface area (Å²) in [6.45, 7) is 4.12. The number of imidazole rings is 1. The van der Waals surface area contributed by atoms with Gasteiger partial charge < -0.3 is 0 Å². The highest BCUT2D eigenvalue weighted by Crippen LogP contribution is 2.31. The van der Waals surface area contributed by atoms with Crippen molar-refractivity contribution in [3.63, 3.8) is 0 Å². The fraction of sp³-hybridized carbons (Fsp3) is 0.111. The molecule has 0 saturated heterocycles. The van der Waals surface area contributed by atoms with Gasteiger partial charge >= 0.3 is 0 Å². The molecule has 0 radical (unpaired) electrons. The lowest BCUT2D eigenvalue weighted by atomic mass is 10.1. The molecular formula is C18H14N4O2. The molecule has 2 aromatic carbocycles. The zero-order valence-electron chi connectivity index (χ0n) is 13.2. The van der Waals surface area contributed by atoms with E-state index in [1.54, 1.807) is 24.7 Å². The van der Waals surface area contributed by atoms with Gasteiger partial charge in [-0.25, -0.2) is 4.98 Å². The lowest BCUT2D eigenvalue weighted by molar-refractivity contribution is -0.383. The number of benzene rings is 2. The summed E-state index contributed by atoms with van der Waals surface area (Å²) >= 11 is 0. The molecule has 0 saturated carbocycles. The monoisotopic (exact) mass is 318 g/mol. The van der Waals surface area contributed by atoms with Gasteiger partial charge in [0, 0.05) is 23.8 Å². The zero-order valence-corrected chi connectivity index (χ0v) is 13.2. The Morgan fingerprint density at radius 3 is 2.67 bits per heavy atom. The predicted octanol–water partition coefficient (Wildman–Crippen LogP) is 4.10. The van der Waals surface area contributed by atoms with Crippen molar-refractivity contribution in [1.82, 2.24) is 14.5 Å². The van der Waals surface area contributed by atoms with Gasteiger partial charge in [0.1, 0.15) is 6.33 Å². The maximum Gasteiger partial charge on any atom is 0.278 e. The van der Waals surface area contributed by atoms with Crippen molar-refractivity contribution in [1.29, 1.82) is 0 Å². The topological polar surface area (TPSA) is 73.8 Å². The van der Waals surface area contributed by atoms with Crippen molar-refractivity contribution in [2.75, 3.05) is 0 Å². The summed E-state index contributed by atoms with van der Waals surface area (Å²) in [5, 5.41) is 12.6. The van der Waals surface area contributed by atoms with Gasteiger partial charge in [-0.15, -0.1) is 0 Å². The van der Waals surface area contributed by atoms with Crippen LogP contribution in [-0.4, -0.2) is 19.5 Å². The summed E-state index contributed by atoms with van der Waals surface area (Å²) in [4.78, 5) is 19.4. The number of fused-ring (bicyclic) bond motifs is 2. The Balaban J connectivity index is 2.06. The lowest BCUT2D eigenvalue weighted by Crippen LogP contribution is -1.97. The van der Waals surface area contributed by atoms with E-state index in [4.69, 9.17) is 0 Å². The van der Waals surface area contributed by atoms with E-state index in [-0.39, 0.29) is 10.6 Å². The number of nitro benzene ring substituents is 1. The van der Waals surface area contributed by atoms with Crippen molar-refractivity contribution in [3.05, 3.63) is 70.3 Å². The number of nitro groups is 1. The van der Waals surface area contributed by atoms with Gasteiger partial charge in [-0.2, -0.15) is 0 Å². The van der Waals surface area contributed by atoms with Crippen LogP contribution >= 0.6 is 0 Å². The molecule has 0 aliphatic carbocycles. The maximum absolute atomic E-state index is 11.3. The highest BCUT2D eigenvalue weighted by molar-refractivity contribution is 5.97. The first-order chi connectivity index (χ1) is 11.6. The van der Waals surface area contributed by atoms with Crippen LogP contribution < -0.4 is 0 Å². The van der Waals surface area contributed by atoms with Crippen molar-refractivity contribution in [2.45, 2.75) is 13.8 Å². The van der Waals surface area contributed by atoms with E-state index >= 15 is 0 Å². The van der Waals surface area contributed by atoms with E-state index in [9.17, 15) is 10.1 Å². The number of aryl methyl sites for hydroxylation is 2. The van der Waals surface area contributed by atoms with E-state index in [2.05, 4.69) is 35.9 Å². The Kier molecular flexibility index (Phi) is 3.06. The average molecular weight is 318 g/mol. The normalized spacial score (nSPS) is 11.2. The molecule has 6 nitrogen and oxygen atoms in total. The third-order valence-corrected chi connectivity index (χ3v) is 4.39. The molecule has 0 aliphatic heterocycles. The van der Waals surface area contributed by atoms with Crippen molar-refractivity contribution in [2.24, 2.45) is 0 Å². The second-order valence-electron chi connectivity index (χ2n) is 5.82. The predicted molar refractivity (Wildman–Crippen MR) is 92.5 cm³/mol. The van der Waals surface area contributed by atoms with Gasteiger partial charge in [-0.05, 0) is 49.2 Å². The van der Waals surface area contributed by atoms with Crippen LogP contribution in [0.25, 0.3) is 27.5 Å². The molecule has 2 aromatic heterocycles. The molecule has 2 heterocycles. The molecule has 0 aliphatic rings. The van der Waals surface area contributed by atoms with Gasteiger partial charge in [0.15, 0.2) is 0 Å². The number of pyridine rings is 1. The number of aromatic nitrogens is 3. The molecule has 0 amide bonds. The summed E-state index contributed by atoms with van der Waals surface area (Å²) in [7, 11) is 0. The van der Waals surface area contributed by atoms with Crippen LogP contribution in [-0.2, 0) is 0 Å². The number of non-ortho nitro benzene ring substituents is 1. The Morgan fingerprint density at radius 1 is 1.08 bits per heavy atom. The lowest BCUT2D eigenvalue weighted by Gasteiger charge is -2.10. The minimum Gasteiger partial charge on any atom is -0.298 e. The average Bonchev–Trinajstić information content (AvgIpc) is 2.96. The molecule has 0 bridgehead atoms. The van der Waals surface area contributed by atoms with Gasteiger partial charge in [0.25, 0.3) is 5.69 Å². The van der Waals surface area contributed by atoms with Crippen LogP contribution in [0, 0.1) is 24.0 Å². The minimum atomic E-state index is -0.382. The molecule has 118 valence electrons. The molecule has 0 fully saturated rings. The summed E-state index contributed by atoms with van der Waals surface area (Å²) in [6, 6.07) is 9.22. The fourth-order valence-electron chi connectivity index (χ4n) is 2.98. The molecule has 0 atom stereocenters. The molecule has 4 aromatic rings. The molecule has 6 heteroatoms. The Bertz CT molecular complexity index is 1110. The smallest absolute Gasteiger partial charge is 0.278 e. The first-order valence-corrected chi connectivity index (χ1v) is 7.52. The van der Waals surface area contributed by atoms with Crippen molar-refractivity contribution >= 4 is 27.5 Å². The number of nitrogens with zero attached hydrogens (tertiary/aromatic N) is 4. The summed E-state index contributed by atoms with van der Waals surface area (Å²) in [5.74, 6) is 0. The largest absolute Gasteiger partial charge is 0.298 e. The van der Waals surface area contributed by atoms with Crippen LogP contribution in [0.4, 0.5) is 5.69 Å². The fourth-order valence-corrected chi connectivity index (χ4v) is 2.98. The highest BCUT2D eigenvalue weighted by atomic mass is 16.6. The minimum absolute atomic E-state index is 0.0540. The Morgan fingerprint density at radius 2 is 1.88 bits per heavy atom.